The maximum atomic E-state index is 13.4. The van der Waals surface area contributed by atoms with E-state index in [1.165, 1.54) is 18.2 Å². The van der Waals surface area contributed by atoms with Crippen LogP contribution in [0.25, 0.3) is 0 Å². The van der Waals surface area contributed by atoms with Crippen molar-refractivity contribution in [2.24, 2.45) is 0 Å². The summed E-state index contributed by atoms with van der Waals surface area (Å²) in [5, 5.41) is 0. The van der Waals surface area contributed by atoms with Crippen molar-refractivity contribution in [2.75, 3.05) is 12.0 Å². The minimum atomic E-state index is -3.87. The van der Waals surface area contributed by atoms with Gasteiger partial charge in [-0.25, -0.2) is 17.5 Å². The van der Waals surface area contributed by atoms with E-state index in [4.69, 9.17) is 4.74 Å². The van der Waals surface area contributed by atoms with Crippen molar-refractivity contribution in [1.82, 2.24) is 4.72 Å². The predicted molar refractivity (Wildman–Crippen MR) is 120 cm³/mol. The Morgan fingerprint density at radius 1 is 1.12 bits per heavy atom. The molecule has 0 spiro atoms. The van der Waals surface area contributed by atoms with Crippen LogP contribution in [0.15, 0.2) is 71.6 Å². The number of amides is 1. The third kappa shape index (κ3) is 4.37. The summed E-state index contributed by atoms with van der Waals surface area (Å²) in [6.07, 6.45) is 0.715. The number of ether oxygens (including phenoxy) is 1. The summed E-state index contributed by atoms with van der Waals surface area (Å²) in [6, 6.07) is 17.3. The van der Waals surface area contributed by atoms with Crippen LogP contribution in [0, 0.1) is 5.82 Å². The molecule has 166 valence electrons. The van der Waals surface area contributed by atoms with Crippen LogP contribution in [-0.2, 0) is 23.0 Å². The van der Waals surface area contributed by atoms with Crippen LogP contribution in [0.2, 0.25) is 0 Å². The van der Waals surface area contributed by atoms with Crippen LogP contribution in [0.5, 0.6) is 5.75 Å². The number of hydrogen-bond donors (Lipinski definition) is 1. The van der Waals surface area contributed by atoms with E-state index >= 15 is 0 Å². The normalized spacial score (nSPS) is 15.5. The lowest BCUT2D eigenvalue weighted by Crippen LogP contribution is -2.35. The Hall–Kier alpha value is -3.23. The fraction of sp³-hybridized carbons (Fsp3) is 0.208. The highest BCUT2D eigenvalue weighted by Gasteiger charge is 2.31. The molecule has 0 aromatic heterocycles. The highest BCUT2D eigenvalue weighted by molar-refractivity contribution is 7.89. The van der Waals surface area contributed by atoms with Gasteiger partial charge in [-0.15, -0.1) is 0 Å². The maximum absolute atomic E-state index is 13.4. The molecule has 4 rings (SSSR count). The van der Waals surface area contributed by atoms with Gasteiger partial charge >= 0.3 is 0 Å². The van der Waals surface area contributed by atoms with E-state index in [2.05, 4.69) is 4.72 Å². The van der Waals surface area contributed by atoms with Gasteiger partial charge in [-0.2, -0.15) is 0 Å². The van der Waals surface area contributed by atoms with Gasteiger partial charge in [-0.3, -0.25) is 4.79 Å². The summed E-state index contributed by atoms with van der Waals surface area (Å²) in [6.45, 7) is 2.00. The van der Waals surface area contributed by atoms with Gasteiger partial charge in [-0.05, 0) is 73.0 Å². The van der Waals surface area contributed by atoms with Gasteiger partial charge < -0.3 is 9.64 Å². The molecule has 32 heavy (non-hydrogen) atoms. The first-order chi connectivity index (χ1) is 15.3. The summed E-state index contributed by atoms with van der Waals surface area (Å²) in [4.78, 5) is 14.8. The molecule has 0 bridgehead atoms. The molecule has 0 saturated heterocycles. The second kappa shape index (κ2) is 8.72. The van der Waals surface area contributed by atoms with Crippen molar-refractivity contribution in [2.45, 2.75) is 30.8 Å². The molecule has 0 aliphatic carbocycles. The number of fused-ring (bicyclic) bond motifs is 1. The van der Waals surface area contributed by atoms with Crippen molar-refractivity contribution in [3.05, 3.63) is 89.2 Å². The van der Waals surface area contributed by atoms with Crippen molar-refractivity contribution >= 4 is 21.6 Å². The summed E-state index contributed by atoms with van der Waals surface area (Å²) in [5.74, 6) is -0.0761. The Labute approximate surface area is 186 Å². The molecule has 3 aromatic rings. The largest absolute Gasteiger partial charge is 0.497 e. The van der Waals surface area contributed by atoms with Gasteiger partial charge in [0, 0.05) is 23.8 Å². The number of nitrogens with zero attached hydrogens (tertiary/aromatic N) is 1. The SMILES string of the molecule is COc1ccc(C(=O)N2c3cc(CNS(=O)(=O)c4cccc(F)c4)ccc3C[C@H]2C)cc1. The molecule has 1 aliphatic heterocycles. The molecule has 1 N–H and O–H groups in total. The quantitative estimate of drug-likeness (QED) is 0.613. The van der Waals surface area contributed by atoms with Crippen LogP contribution in [0.1, 0.15) is 28.4 Å². The topological polar surface area (TPSA) is 75.7 Å². The van der Waals surface area contributed by atoms with Crippen LogP contribution in [0.3, 0.4) is 0 Å². The molecule has 0 fully saturated rings. The van der Waals surface area contributed by atoms with E-state index in [0.29, 0.717) is 23.3 Å². The summed E-state index contributed by atoms with van der Waals surface area (Å²) in [7, 11) is -2.30. The fourth-order valence-electron chi connectivity index (χ4n) is 3.84. The molecular formula is C24H23FN2O4S. The predicted octanol–water partition coefficient (Wildman–Crippen LogP) is 3.90. The minimum absolute atomic E-state index is 0.0189. The Balaban J connectivity index is 1.56. The first-order valence-corrected chi connectivity index (χ1v) is 11.6. The van der Waals surface area contributed by atoms with E-state index in [1.807, 2.05) is 25.1 Å². The van der Waals surface area contributed by atoms with Crippen molar-refractivity contribution in [3.63, 3.8) is 0 Å². The van der Waals surface area contributed by atoms with E-state index in [1.54, 1.807) is 36.3 Å². The molecule has 8 heteroatoms. The van der Waals surface area contributed by atoms with Gasteiger partial charge in [0.2, 0.25) is 10.0 Å². The molecule has 1 heterocycles. The lowest BCUT2D eigenvalue weighted by atomic mass is 10.1. The summed E-state index contributed by atoms with van der Waals surface area (Å²) >= 11 is 0. The molecule has 1 aliphatic rings. The molecule has 1 atom stereocenters. The number of methoxy groups -OCH3 is 1. The summed E-state index contributed by atoms with van der Waals surface area (Å²) in [5.41, 5.74) is 3.03. The molecule has 0 unspecified atom stereocenters. The zero-order valence-electron chi connectivity index (χ0n) is 17.7. The van der Waals surface area contributed by atoms with Crippen LogP contribution in [-0.4, -0.2) is 27.5 Å². The molecule has 0 saturated carbocycles. The van der Waals surface area contributed by atoms with Crippen molar-refractivity contribution < 1.29 is 22.3 Å². The number of hydrogen-bond acceptors (Lipinski definition) is 4. The van der Waals surface area contributed by atoms with Crippen molar-refractivity contribution in [3.8, 4) is 5.75 Å². The zero-order chi connectivity index (χ0) is 22.9. The standard InChI is InChI=1S/C24H23FN2O4S/c1-16-12-19-7-6-17(15-26-32(29,30)22-5-3-4-20(25)14-22)13-23(19)27(16)24(28)18-8-10-21(31-2)11-9-18/h3-11,13-14,16,26H,12,15H2,1-2H3/t16-/m1/s1. The number of anilines is 1. The lowest BCUT2D eigenvalue weighted by Gasteiger charge is -2.23. The number of sulfonamides is 1. The average molecular weight is 455 g/mol. The average Bonchev–Trinajstić information content (AvgIpc) is 3.12. The van der Waals surface area contributed by atoms with Crippen LogP contribution in [0.4, 0.5) is 10.1 Å². The molecule has 6 nitrogen and oxygen atoms in total. The first kappa shape index (κ1) is 22.0. The zero-order valence-corrected chi connectivity index (χ0v) is 18.5. The molecular weight excluding hydrogens is 431 g/mol. The van der Waals surface area contributed by atoms with Gasteiger partial charge in [-0.1, -0.05) is 18.2 Å². The summed E-state index contributed by atoms with van der Waals surface area (Å²) < 4.78 is 46.1. The number of rotatable bonds is 6. The van der Waals surface area contributed by atoms with Gasteiger partial charge in [0.1, 0.15) is 11.6 Å². The number of halogens is 1. The minimum Gasteiger partial charge on any atom is -0.497 e. The van der Waals surface area contributed by atoms with Crippen molar-refractivity contribution in [1.29, 1.82) is 0 Å². The Kier molecular flexibility index (Phi) is 5.99. The first-order valence-electron chi connectivity index (χ1n) is 10.1. The Morgan fingerprint density at radius 2 is 1.88 bits per heavy atom. The third-order valence-corrected chi connectivity index (χ3v) is 6.89. The van der Waals surface area contributed by atoms with Crippen LogP contribution < -0.4 is 14.4 Å². The fourth-order valence-corrected chi connectivity index (χ4v) is 4.89. The number of carbonyl (C=O) groups is 1. The third-order valence-electron chi connectivity index (χ3n) is 5.49. The Morgan fingerprint density at radius 3 is 2.56 bits per heavy atom. The van der Waals surface area contributed by atoms with Gasteiger partial charge in [0.25, 0.3) is 5.91 Å². The molecule has 0 radical (unpaired) electrons. The monoisotopic (exact) mass is 454 g/mol. The van der Waals surface area contributed by atoms with E-state index in [9.17, 15) is 17.6 Å². The number of benzene rings is 3. The maximum Gasteiger partial charge on any atom is 0.258 e. The second-order valence-corrected chi connectivity index (χ2v) is 9.47. The van der Waals surface area contributed by atoms with E-state index in [-0.39, 0.29) is 23.4 Å². The highest BCUT2D eigenvalue weighted by Crippen LogP contribution is 2.34. The van der Waals surface area contributed by atoms with Crippen LogP contribution >= 0.6 is 0 Å². The van der Waals surface area contributed by atoms with Gasteiger partial charge in [0.05, 0.1) is 12.0 Å². The lowest BCUT2D eigenvalue weighted by molar-refractivity contribution is 0.0981. The molecule has 3 aromatic carbocycles. The smallest absolute Gasteiger partial charge is 0.258 e. The van der Waals surface area contributed by atoms with Gasteiger partial charge in [0.15, 0.2) is 0 Å². The second-order valence-electron chi connectivity index (χ2n) is 7.70. The Bertz CT molecular complexity index is 1260. The van der Waals surface area contributed by atoms with E-state index < -0.39 is 15.8 Å². The molecule has 1 amide bonds. The van der Waals surface area contributed by atoms with E-state index in [0.717, 1.165) is 17.3 Å². The number of nitrogens with one attached hydrogen (secondary N) is 1. The highest BCUT2D eigenvalue weighted by atomic mass is 32.2. The number of carbonyl (C=O) groups excluding carboxylic acids is 1.